The molecule has 2 nitrogen and oxygen atoms in total. The molecule has 1 saturated carbocycles. The lowest BCUT2D eigenvalue weighted by molar-refractivity contribution is -0.00184. The van der Waals surface area contributed by atoms with Crippen LogP contribution in [-0.2, 0) is 5.60 Å². The van der Waals surface area contributed by atoms with Gasteiger partial charge in [-0.15, -0.1) is 0 Å². The van der Waals surface area contributed by atoms with Crippen molar-refractivity contribution in [2.45, 2.75) is 44.6 Å². The monoisotopic (exact) mass is 180 g/mol. The van der Waals surface area contributed by atoms with Crippen LogP contribution in [0.4, 0.5) is 0 Å². The van der Waals surface area contributed by atoms with Gasteiger partial charge in [-0.25, -0.2) is 0 Å². The van der Waals surface area contributed by atoms with Gasteiger partial charge in [0.2, 0.25) is 0 Å². The molecule has 0 aromatic carbocycles. The standard InChI is InChI=1S/C11H16O2/c1-9-10(5-8-13-9)11(12)6-3-2-4-7-11/h5,8,12H,2-4,6-7H2,1H3. The van der Waals surface area contributed by atoms with Crippen LogP contribution < -0.4 is 0 Å². The van der Waals surface area contributed by atoms with Crippen molar-refractivity contribution in [2.75, 3.05) is 0 Å². The predicted octanol–water partition coefficient (Wildman–Crippen LogP) is 2.74. The van der Waals surface area contributed by atoms with E-state index in [4.69, 9.17) is 4.42 Å². The Hall–Kier alpha value is -0.760. The molecule has 0 saturated heterocycles. The molecular formula is C11H16O2. The van der Waals surface area contributed by atoms with Gasteiger partial charge in [0, 0.05) is 5.56 Å². The molecule has 1 aromatic rings. The summed E-state index contributed by atoms with van der Waals surface area (Å²) in [5, 5.41) is 10.4. The minimum atomic E-state index is -0.602. The molecule has 13 heavy (non-hydrogen) atoms. The fourth-order valence-electron chi connectivity index (χ4n) is 2.27. The van der Waals surface area contributed by atoms with Crippen LogP contribution in [0.3, 0.4) is 0 Å². The molecule has 1 N–H and O–H groups in total. The van der Waals surface area contributed by atoms with Crippen molar-refractivity contribution in [3.63, 3.8) is 0 Å². The first kappa shape index (κ1) is 8.82. The molecule has 0 amide bonds. The molecule has 2 rings (SSSR count). The van der Waals surface area contributed by atoms with E-state index in [1.54, 1.807) is 6.26 Å². The second-order valence-corrected chi connectivity index (χ2v) is 3.98. The third kappa shape index (κ3) is 1.51. The molecular weight excluding hydrogens is 164 g/mol. The molecule has 1 heterocycles. The summed E-state index contributed by atoms with van der Waals surface area (Å²) >= 11 is 0. The first-order valence-corrected chi connectivity index (χ1v) is 4.99. The van der Waals surface area contributed by atoms with Crippen molar-refractivity contribution < 1.29 is 9.52 Å². The Bertz CT molecular complexity index is 282. The zero-order valence-electron chi connectivity index (χ0n) is 8.05. The SMILES string of the molecule is Cc1occc1C1(O)CCCCC1. The first-order chi connectivity index (χ1) is 6.22. The van der Waals surface area contributed by atoms with Gasteiger partial charge in [0.05, 0.1) is 11.9 Å². The van der Waals surface area contributed by atoms with E-state index in [9.17, 15) is 5.11 Å². The highest BCUT2D eigenvalue weighted by atomic mass is 16.3. The Morgan fingerprint density at radius 2 is 2.00 bits per heavy atom. The lowest BCUT2D eigenvalue weighted by Gasteiger charge is -2.31. The Morgan fingerprint density at radius 3 is 2.54 bits per heavy atom. The maximum Gasteiger partial charge on any atom is 0.106 e. The Balaban J connectivity index is 2.27. The summed E-state index contributed by atoms with van der Waals surface area (Å²) in [6.07, 6.45) is 6.93. The second kappa shape index (κ2) is 3.18. The van der Waals surface area contributed by atoms with E-state index in [1.165, 1.54) is 6.42 Å². The van der Waals surface area contributed by atoms with E-state index in [0.717, 1.165) is 37.0 Å². The summed E-state index contributed by atoms with van der Waals surface area (Å²) in [6.45, 7) is 1.92. The lowest BCUT2D eigenvalue weighted by atomic mass is 9.80. The minimum Gasteiger partial charge on any atom is -0.469 e. The highest BCUT2D eigenvalue weighted by molar-refractivity contribution is 5.24. The highest BCUT2D eigenvalue weighted by Gasteiger charge is 2.33. The van der Waals surface area contributed by atoms with Crippen LogP contribution in [0, 0.1) is 6.92 Å². The van der Waals surface area contributed by atoms with Crippen LogP contribution in [0.1, 0.15) is 43.4 Å². The van der Waals surface area contributed by atoms with E-state index in [2.05, 4.69) is 0 Å². The van der Waals surface area contributed by atoms with E-state index in [0.29, 0.717) is 0 Å². The predicted molar refractivity (Wildman–Crippen MR) is 50.4 cm³/mol. The molecule has 0 unspecified atom stereocenters. The Morgan fingerprint density at radius 1 is 1.31 bits per heavy atom. The second-order valence-electron chi connectivity index (χ2n) is 3.98. The quantitative estimate of drug-likeness (QED) is 0.720. The summed E-state index contributed by atoms with van der Waals surface area (Å²) in [5.41, 5.74) is 0.391. The topological polar surface area (TPSA) is 33.4 Å². The van der Waals surface area contributed by atoms with Crippen molar-refractivity contribution in [3.8, 4) is 0 Å². The normalized spacial score (nSPS) is 21.7. The van der Waals surface area contributed by atoms with Gasteiger partial charge in [0.25, 0.3) is 0 Å². The number of rotatable bonds is 1. The maximum absolute atomic E-state index is 10.4. The largest absolute Gasteiger partial charge is 0.469 e. The average Bonchev–Trinajstić information content (AvgIpc) is 2.53. The van der Waals surface area contributed by atoms with Gasteiger partial charge in [0.15, 0.2) is 0 Å². The van der Waals surface area contributed by atoms with Crippen LogP contribution >= 0.6 is 0 Å². The van der Waals surface area contributed by atoms with Gasteiger partial charge in [-0.3, -0.25) is 0 Å². The van der Waals surface area contributed by atoms with Crippen LogP contribution in [0.15, 0.2) is 16.7 Å². The number of furan rings is 1. The van der Waals surface area contributed by atoms with Gasteiger partial charge in [-0.05, 0) is 25.8 Å². The van der Waals surface area contributed by atoms with Crippen molar-refractivity contribution in [1.29, 1.82) is 0 Å². The Labute approximate surface area is 78.6 Å². The maximum atomic E-state index is 10.4. The van der Waals surface area contributed by atoms with Crippen molar-refractivity contribution in [1.82, 2.24) is 0 Å². The molecule has 0 spiro atoms. The summed E-state index contributed by atoms with van der Waals surface area (Å²) in [4.78, 5) is 0. The fraction of sp³-hybridized carbons (Fsp3) is 0.636. The zero-order valence-corrected chi connectivity index (χ0v) is 8.05. The molecule has 1 aromatic heterocycles. The minimum absolute atomic E-state index is 0.602. The fourth-order valence-corrected chi connectivity index (χ4v) is 2.27. The lowest BCUT2D eigenvalue weighted by Crippen LogP contribution is -2.28. The molecule has 2 heteroatoms. The molecule has 0 aliphatic heterocycles. The molecule has 0 bridgehead atoms. The van der Waals surface area contributed by atoms with E-state index >= 15 is 0 Å². The molecule has 72 valence electrons. The van der Waals surface area contributed by atoms with Crippen LogP contribution in [0.2, 0.25) is 0 Å². The highest BCUT2D eigenvalue weighted by Crippen LogP contribution is 2.38. The number of hydrogen-bond acceptors (Lipinski definition) is 2. The average molecular weight is 180 g/mol. The van der Waals surface area contributed by atoms with E-state index in [1.807, 2.05) is 13.0 Å². The molecule has 1 aliphatic rings. The van der Waals surface area contributed by atoms with Crippen molar-refractivity contribution >= 4 is 0 Å². The van der Waals surface area contributed by atoms with Gasteiger partial charge in [0.1, 0.15) is 5.76 Å². The molecule has 1 aliphatic carbocycles. The van der Waals surface area contributed by atoms with E-state index in [-0.39, 0.29) is 0 Å². The number of aliphatic hydroxyl groups is 1. The van der Waals surface area contributed by atoms with Crippen LogP contribution in [-0.4, -0.2) is 5.11 Å². The summed E-state index contributed by atoms with van der Waals surface area (Å²) in [7, 11) is 0. The summed E-state index contributed by atoms with van der Waals surface area (Å²) < 4.78 is 5.22. The third-order valence-corrected chi connectivity index (χ3v) is 3.04. The van der Waals surface area contributed by atoms with Crippen LogP contribution in [0.25, 0.3) is 0 Å². The summed E-state index contributed by atoms with van der Waals surface area (Å²) in [5.74, 6) is 0.865. The number of aryl methyl sites for hydroxylation is 1. The smallest absolute Gasteiger partial charge is 0.106 e. The van der Waals surface area contributed by atoms with Crippen LogP contribution in [0.5, 0.6) is 0 Å². The van der Waals surface area contributed by atoms with Gasteiger partial charge >= 0.3 is 0 Å². The molecule has 0 radical (unpaired) electrons. The third-order valence-electron chi connectivity index (χ3n) is 3.04. The zero-order chi connectivity index (χ0) is 9.31. The first-order valence-electron chi connectivity index (χ1n) is 4.99. The van der Waals surface area contributed by atoms with Gasteiger partial charge in [-0.2, -0.15) is 0 Å². The van der Waals surface area contributed by atoms with Gasteiger partial charge in [-0.1, -0.05) is 19.3 Å². The van der Waals surface area contributed by atoms with Gasteiger partial charge < -0.3 is 9.52 Å². The molecule has 0 atom stereocenters. The van der Waals surface area contributed by atoms with Crippen molar-refractivity contribution in [3.05, 3.63) is 23.7 Å². The number of hydrogen-bond donors (Lipinski definition) is 1. The van der Waals surface area contributed by atoms with Crippen molar-refractivity contribution in [2.24, 2.45) is 0 Å². The molecule has 1 fully saturated rings. The summed E-state index contributed by atoms with van der Waals surface area (Å²) in [6, 6.07) is 1.90. The Kier molecular flexibility index (Phi) is 2.16. The van der Waals surface area contributed by atoms with E-state index < -0.39 is 5.60 Å².